The van der Waals surface area contributed by atoms with Crippen molar-refractivity contribution < 1.29 is 10.2 Å². The number of hydrogen-bond acceptors (Lipinski definition) is 6. The van der Waals surface area contributed by atoms with Crippen LogP contribution in [0.2, 0.25) is 0 Å². The lowest BCUT2D eigenvalue weighted by atomic mass is 9.78. The molecule has 0 fully saturated rings. The van der Waals surface area contributed by atoms with Crippen LogP contribution < -0.4 is 0 Å². The van der Waals surface area contributed by atoms with Crippen molar-refractivity contribution in [1.29, 1.82) is 0 Å². The van der Waals surface area contributed by atoms with Crippen molar-refractivity contribution >= 4 is 46.3 Å². The summed E-state index contributed by atoms with van der Waals surface area (Å²) in [5.74, 6) is 0.626. The largest absolute Gasteiger partial charge is 0.507 e. The fourth-order valence-corrected chi connectivity index (χ4v) is 9.30. The van der Waals surface area contributed by atoms with Crippen LogP contribution in [0.5, 0.6) is 11.5 Å². The van der Waals surface area contributed by atoms with E-state index < -0.39 is 0 Å². The average Bonchev–Trinajstić information content (AvgIpc) is 3.26. The Morgan fingerprint density at radius 3 is 1.18 bits per heavy atom. The summed E-state index contributed by atoms with van der Waals surface area (Å²) < 4.78 is 0. The molecule has 0 atom stereocenters. The second-order valence-corrected chi connectivity index (χ2v) is 23.4. The van der Waals surface area contributed by atoms with Crippen LogP contribution in [0.1, 0.15) is 129 Å². The zero-order chi connectivity index (χ0) is 48.7. The Bertz CT molecular complexity index is 2840. The van der Waals surface area contributed by atoms with Gasteiger partial charge in [0.1, 0.15) is 11.5 Å². The number of rotatable bonds is 9. The van der Waals surface area contributed by atoms with E-state index in [0.717, 1.165) is 65.3 Å². The lowest BCUT2D eigenvalue weighted by molar-refractivity contribution is 0.442. The maximum atomic E-state index is 11.6. The van der Waals surface area contributed by atoms with Gasteiger partial charge in [0.2, 0.25) is 0 Å². The molecule has 0 saturated heterocycles. The second kappa shape index (κ2) is 21.0. The zero-order valence-corrected chi connectivity index (χ0v) is 43.3. The van der Waals surface area contributed by atoms with E-state index >= 15 is 0 Å². The predicted octanol–water partition coefficient (Wildman–Crippen LogP) is 17.6. The van der Waals surface area contributed by atoms with Gasteiger partial charge in [-0.05, 0) is 100 Å². The first-order valence-corrected chi connectivity index (χ1v) is 24.7. The molecule has 0 aromatic heterocycles. The highest BCUT2D eigenvalue weighted by Crippen LogP contribution is 2.42. The SMILES string of the molecule is CC(=Nc1ccccc1Sc1ccccc1)c1cc(C(C)(C)C)cc(C(C)(C)C)c1O.CC(C)(C)c1cc(C(=Nc2ccccc2Sc2ccccc2)c2ccccc2)c(O)c(C(C)(C)C)c1. The van der Waals surface area contributed by atoms with Crippen molar-refractivity contribution in [3.63, 3.8) is 0 Å². The maximum Gasteiger partial charge on any atom is 0.128 e. The number of phenolic OH excluding ortho intramolecular Hbond substituents is 2. The zero-order valence-electron chi connectivity index (χ0n) is 41.7. The van der Waals surface area contributed by atoms with E-state index in [-0.39, 0.29) is 21.7 Å². The highest BCUT2D eigenvalue weighted by Gasteiger charge is 2.28. The fourth-order valence-electron chi connectivity index (χ4n) is 7.48. The van der Waals surface area contributed by atoms with Crippen LogP contribution in [-0.4, -0.2) is 21.6 Å². The van der Waals surface area contributed by atoms with Crippen molar-refractivity contribution in [2.45, 2.75) is 131 Å². The van der Waals surface area contributed by atoms with Crippen LogP contribution in [0.4, 0.5) is 11.4 Å². The van der Waals surface area contributed by atoms with Crippen molar-refractivity contribution in [2.75, 3.05) is 0 Å². The third-order valence-corrected chi connectivity index (χ3v) is 13.6. The summed E-state index contributed by atoms with van der Waals surface area (Å²) in [4.78, 5) is 14.7. The Morgan fingerprint density at radius 2 is 0.761 bits per heavy atom. The minimum absolute atomic E-state index is 0.0240. The molecule has 0 saturated carbocycles. The third kappa shape index (κ3) is 13.2. The van der Waals surface area contributed by atoms with Gasteiger partial charge in [-0.2, -0.15) is 0 Å². The number of phenols is 2. The molecule has 6 heteroatoms. The minimum atomic E-state index is -0.219. The highest BCUT2D eigenvalue weighted by molar-refractivity contribution is 7.99. The van der Waals surface area contributed by atoms with E-state index in [9.17, 15) is 10.2 Å². The molecule has 0 aliphatic heterocycles. The van der Waals surface area contributed by atoms with Gasteiger partial charge in [-0.3, -0.25) is 4.99 Å². The van der Waals surface area contributed by atoms with Crippen molar-refractivity contribution in [3.8, 4) is 11.5 Å². The summed E-state index contributed by atoms with van der Waals surface area (Å²) in [5.41, 5.74) is 9.68. The minimum Gasteiger partial charge on any atom is -0.507 e. The number of para-hydroxylation sites is 2. The number of hydrogen-bond donors (Lipinski definition) is 2. The lowest BCUT2D eigenvalue weighted by Gasteiger charge is -2.28. The Morgan fingerprint density at radius 1 is 0.403 bits per heavy atom. The summed E-state index contributed by atoms with van der Waals surface area (Å²) in [7, 11) is 0. The Labute approximate surface area is 409 Å². The van der Waals surface area contributed by atoms with Gasteiger partial charge in [0.05, 0.1) is 17.1 Å². The van der Waals surface area contributed by atoms with Gasteiger partial charge >= 0.3 is 0 Å². The van der Waals surface area contributed by atoms with Gasteiger partial charge in [0.15, 0.2) is 0 Å². The number of aromatic hydroxyl groups is 2. The molecular formula is C61H68N2O2S2. The van der Waals surface area contributed by atoms with E-state index in [4.69, 9.17) is 9.98 Å². The van der Waals surface area contributed by atoms with E-state index in [1.807, 2.05) is 97.9 Å². The van der Waals surface area contributed by atoms with Crippen LogP contribution in [0.25, 0.3) is 0 Å². The molecule has 0 bridgehead atoms. The Kier molecular flexibility index (Phi) is 15.9. The van der Waals surface area contributed by atoms with E-state index in [2.05, 4.69) is 156 Å². The van der Waals surface area contributed by atoms with Gasteiger partial charge in [0.25, 0.3) is 0 Å². The fraction of sp³-hybridized carbons (Fsp3) is 0.279. The molecule has 0 heterocycles. The molecule has 4 nitrogen and oxygen atoms in total. The van der Waals surface area contributed by atoms with Crippen molar-refractivity contribution in [3.05, 3.63) is 203 Å². The van der Waals surface area contributed by atoms with Crippen molar-refractivity contribution in [1.82, 2.24) is 0 Å². The Balaban J connectivity index is 0.000000224. The van der Waals surface area contributed by atoms with E-state index in [0.29, 0.717) is 11.5 Å². The van der Waals surface area contributed by atoms with E-state index in [1.54, 1.807) is 23.5 Å². The van der Waals surface area contributed by atoms with Gasteiger partial charge in [-0.1, -0.05) is 210 Å². The molecule has 0 aliphatic carbocycles. The Hall–Kier alpha value is -5.82. The van der Waals surface area contributed by atoms with Crippen molar-refractivity contribution in [2.24, 2.45) is 9.98 Å². The van der Waals surface area contributed by atoms with E-state index in [1.165, 1.54) is 16.0 Å². The normalized spacial score (nSPS) is 12.7. The first-order chi connectivity index (χ1) is 31.5. The quantitative estimate of drug-likeness (QED) is 0.142. The van der Waals surface area contributed by atoms with Gasteiger partial charge in [-0.25, -0.2) is 4.99 Å². The van der Waals surface area contributed by atoms with Crippen LogP contribution >= 0.6 is 23.5 Å². The molecule has 7 rings (SSSR count). The third-order valence-electron chi connectivity index (χ3n) is 11.5. The van der Waals surface area contributed by atoms with Crippen LogP contribution in [0.3, 0.4) is 0 Å². The van der Waals surface area contributed by atoms with Gasteiger partial charge in [0, 0.05) is 53.1 Å². The molecule has 0 aliphatic rings. The molecule has 7 aromatic rings. The first-order valence-electron chi connectivity index (χ1n) is 23.1. The number of aliphatic imine (C=N–C) groups is 2. The monoisotopic (exact) mass is 924 g/mol. The molecule has 0 radical (unpaired) electrons. The highest BCUT2D eigenvalue weighted by atomic mass is 32.2. The molecular weight excluding hydrogens is 857 g/mol. The molecule has 67 heavy (non-hydrogen) atoms. The smallest absolute Gasteiger partial charge is 0.128 e. The molecule has 2 N–H and O–H groups in total. The molecule has 346 valence electrons. The number of benzene rings is 7. The summed E-state index contributed by atoms with van der Waals surface area (Å²) >= 11 is 3.40. The van der Waals surface area contributed by atoms with Crippen LogP contribution in [0.15, 0.2) is 193 Å². The second-order valence-electron chi connectivity index (χ2n) is 21.1. The summed E-state index contributed by atoms with van der Waals surface area (Å²) in [6.07, 6.45) is 0. The number of nitrogens with zero attached hydrogens (tertiary/aromatic N) is 2. The van der Waals surface area contributed by atoms with Gasteiger partial charge < -0.3 is 10.2 Å². The molecule has 0 unspecified atom stereocenters. The van der Waals surface area contributed by atoms with Crippen LogP contribution in [-0.2, 0) is 21.7 Å². The van der Waals surface area contributed by atoms with Crippen LogP contribution in [0, 0.1) is 0 Å². The lowest BCUT2D eigenvalue weighted by Crippen LogP contribution is -2.19. The predicted molar refractivity (Wildman–Crippen MR) is 289 cm³/mol. The summed E-state index contributed by atoms with van der Waals surface area (Å²) in [6, 6.07) is 55.7. The standard InChI is InChI=1S/C33H35NOS.C28H33NOS/c1-32(2,3)24-21-26(31(35)27(22-24)33(4,5)6)30(23-15-9-7-10-16-23)34-28-19-13-14-20-29(28)36-25-17-11-8-12-18-25;1-19(22-17-20(27(2,3)4)18-23(26(22)30)28(5,6)7)29-24-15-11-12-16-25(24)31-21-13-9-8-10-14-21/h7-22,35H,1-6H3;8-18,30H,1-7H3. The molecule has 7 aromatic carbocycles. The topological polar surface area (TPSA) is 65.2 Å². The molecule has 0 spiro atoms. The average molecular weight is 925 g/mol. The maximum absolute atomic E-state index is 11.6. The summed E-state index contributed by atoms with van der Waals surface area (Å²) in [6.45, 7) is 28.1. The summed E-state index contributed by atoms with van der Waals surface area (Å²) in [5, 5.41) is 22.8. The molecule has 0 amide bonds. The first kappa shape index (κ1) is 50.6. The van der Waals surface area contributed by atoms with Gasteiger partial charge in [-0.15, -0.1) is 0 Å².